The second-order valence-corrected chi connectivity index (χ2v) is 7.06. The third-order valence-electron chi connectivity index (χ3n) is 3.11. The number of nitrogens with zero attached hydrogens (tertiary/aromatic N) is 1. The maximum Gasteiger partial charge on any atom is 0.117 e. The first kappa shape index (κ1) is 12.6. The predicted molar refractivity (Wildman–Crippen MR) is 87.1 cm³/mol. The minimum Gasteiger partial charge on any atom is -0.236 e. The molecule has 0 atom stereocenters. The van der Waals surface area contributed by atoms with E-state index in [-0.39, 0.29) is 0 Å². The second-order valence-electron chi connectivity index (χ2n) is 4.71. The first-order valence-corrected chi connectivity index (χ1v) is 7.88. The van der Waals surface area contributed by atoms with Gasteiger partial charge in [-0.25, -0.2) is 4.98 Å². The van der Waals surface area contributed by atoms with Gasteiger partial charge in [-0.15, -0.1) is 22.7 Å². The predicted octanol–water partition coefficient (Wildman–Crippen LogP) is 5.45. The molecule has 3 aromatic rings. The number of aromatic nitrogens is 1. The number of thiazole rings is 1. The van der Waals surface area contributed by atoms with Gasteiger partial charge in [-0.05, 0) is 56.2 Å². The van der Waals surface area contributed by atoms with E-state index in [0.717, 1.165) is 10.5 Å². The molecule has 0 bridgehead atoms. The highest BCUT2D eigenvalue weighted by atomic mass is 32.1. The molecule has 0 N–H and O–H groups in total. The Balaban J connectivity index is 2.00. The number of aryl methyl sites for hydroxylation is 3. The number of benzene rings is 1. The third kappa shape index (κ3) is 2.48. The van der Waals surface area contributed by atoms with Gasteiger partial charge in [0.05, 0.1) is 10.2 Å². The van der Waals surface area contributed by atoms with Crippen molar-refractivity contribution >= 4 is 45.0 Å². The van der Waals surface area contributed by atoms with Crippen LogP contribution in [0.1, 0.15) is 25.9 Å². The molecule has 1 aromatic carbocycles. The Morgan fingerprint density at radius 1 is 0.895 bits per heavy atom. The highest BCUT2D eigenvalue weighted by molar-refractivity contribution is 7.19. The largest absolute Gasteiger partial charge is 0.236 e. The number of thiophene rings is 1. The molecule has 0 amide bonds. The van der Waals surface area contributed by atoms with E-state index >= 15 is 0 Å². The molecular weight excluding hydrogens is 270 g/mol. The van der Waals surface area contributed by atoms with E-state index in [0.29, 0.717) is 0 Å². The molecular formula is C16H15NS2. The zero-order valence-corrected chi connectivity index (χ0v) is 12.9. The molecule has 0 aliphatic heterocycles. The molecule has 0 unspecified atom stereocenters. The van der Waals surface area contributed by atoms with Crippen LogP contribution in [0.2, 0.25) is 0 Å². The van der Waals surface area contributed by atoms with Crippen molar-refractivity contribution in [3.05, 3.63) is 50.2 Å². The van der Waals surface area contributed by atoms with Crippen LogP contribution >= 0.6 is 22.7 Å². The summed E-state index contributed by atoms with van der Waals surface area (Å²) >= 11 is 3.58. The molecule has 19 heavy (non-hydrogen) atoms. The van der Waals surface area contributed by atoms with Crippen LogP contribution in [0.15, 0.2) is 24.3 Å². The van der Waals surface area contributed by atoms with Crippen LogP contribution in [0.3, 0.4) is 0 Å². The molecule has 96 valence electrons. The van der Waals surface area contributed by atoms with Gasteiger partial charge in [-0.2, -0.15) is 0 Å². The van der Waals surface area contributed by atoms with E-state index in [1.165, 1.54) is 25.6 Å². The van der Waals surface area contributed by atoms with Crippen LogP contribution in [-0.4, -0.2) is 4.98 Å². The molecule has 1 nitrogen and oxygen atoms in total. The third-order valence-corrected chi connectivity index (χ3v) is 5.23. The number of fused-ring (bicyclic) bond motifs is 1. The summed E-state index contributed by atoms with van der Waals surface area (Å²) < 4.78 is 1.31. The lowest BCUT2D eigenvalue weighted by Crippen LogP contribution is -1.78. The van der Waals surface area contributed by atoms with E-state index < -0.39 is 0 Å². The molecule has 3 heteroatoms. The summed E-state index contributed by atoms with van der Waals surface area (Å²) in [5, 5.41) is 1.08. The lowest BCUT2D eigenvalue weighted by molar-refractivity contribution is 1.39. The van der Waals surface area contributed by atoms with Crippen molar-refractivity contribution in [3.8, 4) is 0 Å². The molecule has 0 saturated carbocycles. The van der Waals surface area contributed by atoms with Gasteiger partial charge >= 0.3 is 0 Å². The molecule has 3 rings (SSSR count). The van der Waals surface area contributed by atoms with Crippen molar-refractivity contribution in [1.82, 2.24) is 4.98 Å². The van der Waals surface area contributed by atoms with Gasteiger partial charge in [0.15, 0.2) is 0 Å². The molecule has 2 heterocycles. The van der Waals surface area contributed by atoms with Crippen molar-refractivity contribution in [2.45, 2.75) is 20.8 Å². The molecule has 0 radical (unpaired) electrons. The number of rotatable bonds is 2. The Morgan fingerprint density at radius 3 is 2.37 bits per heavy atom. The van der Waals surface area contributed by atoms with Gasteiger partial charge in [-0.3, -0.25) is 0 Å². The molecule has 0 fully saturated rings. The molecule has 2 aromatic heterocycles. The average Bonchev–Trinajstić information content (AvgIpc) is 2.98. The van der Waals surface area contributed by atoms with Crippen molar-refractivity contribution in [3.63, 3.8) is 0 Å². The van der Waals surface area contributed by atoms with E-state index in [1.807, 2.05) is 11.3 Å². The van der Waals surface area contributed by atoms with Crippen molar-refractivity contribution < 1.29 is 0 Å². The zero-order valence-electron chi connectivity index (χ0n) is 11.2. The fourth-order valence-corrected chi connectivity index (χ4v) is 3.84. The number of hydrogen-bond acceptors (Lipinski definition) is 3. The maximum absolute atomic E-state index is 4.73. The van der Waals surface area contributed by atoms with E-state index in [1.54, 1.807) is 11.3 Å². The topological polar surface area (TPSA) is 12.9 Å². The lowest BCUT2D eigenvalue weighted by Gasteiger charge is -1.96. The van der Waals surface area contributed by atoms with Crippen molar-refractivity contribution in [2.24, 2.45) is 0 Å². The van der Waals surface area contributed by atoms with Crippen molar-refractivity contribution in [1.29, 1.82) is 0 Å². The summed E-state index contributed by atoms with van der Waals surface area (Å²) in [4.78, 5) is 7.36. The van der Waals surface area contributed by atoms with E-state index in [9.17, 15) is 0 Å². The van der Waals surface area contributed by atoms with Gasteiger partial charge in [-0.1, -0.05) is 12.1 Å². The Bertz CT molecular complexity index is 723. The second kappa shape index (κ2) is 4.91. The number of hydrogen-bond donors (Lipinski definition) is 0. The summed E-state index contributed by atoms with van der Waals surface area (Å²) in [6.45, 7) is 6.40. The normalized spacial score (nSPS) is 11.7. The summed E-state index contributed by atoms with van der Waals surface area (Å²) in [6, 6.07) is 8.62. The summed E-state index contributed by atoms with van der Waals surface area (Å²) in [5.74, 6) is 0. The zero-order chi connectivity index (χ0) is 13.4. The molecule has 0 aliphatic carbocycles. The van der Waals surface area contributed by atoms with Crippen LogP contribution in [-0.2, 0) is 0 Å². The van der Waals surface area contributed by atoms with Gasteiger partial charge in [0.25, 0.3) is 0 Å². The standard InChI is InChI=1S/C16H15NS2/c1-10-4-5-11(2)16-15(10)17-14(19-16)9-8-13-7-6-12(3)18-13/h4-9H,1-3H3/b9-8+. The first-order valence-electron chi connectivity index (χ1n) is 6.25. The minimum atomic E-state index is 1.08. The van der Waals surface area contributed by atoms with Crippen LogP contribution in [0.25, 0.3) is 22.4 Å². The SMILES string of the molecule is Cc1ccc(/C=C/c2nc3c(C)ccc(C)c3s2)s1. The Kier molecular flexibility index (Phi) is 3.25. The summed E-state index contributed by atoms with van der Waals surface area (Å²) in [7, 11) is 0. The Hall–Kier alpha value is -1.45. The first-order chi connectivity index (χ1) is 9.13. The van der Waals surface area contributed by atoms with Gasteiger partial charge in [0.1, 0.15) is 5.01 Å². The highest BCUT2D eigenvalue weighted by Crippen LogP contribution is 2.29. The van der Waals surface area contributed by atoms with Gasteiger partial charge in [0.2, 0.25) is 0 Å². The molecule has 0 aliphatic rings. The maximum atomic E-state index is 4.73. The smallest absolute Gasteiger partial charge is 0.117 e. The quantitative estimate of drug-likeness (QED) is 0.610. The van der Waals surface area contributed by atoms with Gasteiger partial charge in [0, 0.05) is 9.75 Å². The van der Waals surface area contributed by atoms with Gasteiger partial charge < -0.3 is 0 Å². The summed E-state index contributed by atoms with van der Waals surface area (Å²) in [6.07, 6.45) is 4.27. The molecule has 0 saturated heterocycles. The van der Waals surface area contributed by atoms with Crippen LogP contribution < -0.4 is 0 Å². The Morgan fingerprint density at radius 2 is 1.68 bits per heavy atom. The fourth-order valence-electron chi connectivity index (χ4n) is 2.04. The van der Waals surface area contributed by atoms with Crippen LogP contribution in [0.5, 0.6) is 0 Å². The summed E-state index contributed by atoms with van der Waals surface area (Å²) in [5.41, 5.74) is 3.71. The molecule has 0 spiro atoms. The van der Waals surface area contributed by atoms with E-state index in [2.05, 4.69) is 57.2 Å². The fraction of sp³-hybridized carbons (Fsp3) is 0.188. The highest BCUT2D eigenvalue weighted by Gasteiger charge is 2.06. The van der Waals surface area contributed by atoms with Crippen LogP contribution in [0, 0.1) is 20.8 Å². The van der Waals surface area contributed by atoms with Crippen LogP contribution in [0.4, 0.5) is 0 Å². The van der Waals surface area contributed by atoms with Crippen molar-refractivity contribution in [2.75, 3.05) is 0 Å². The Labute approximate surface area is 121 Å². The monoisotopic (exact) mass is 285 g/mol. The minimum absolute atomic E-state index is 1.08. The average molecular weight is 285 g/mol. The lowest BCUT2D eigenvalue weighted by atomic mass is 10.1. The van der Waals surface area contributed by atoms with E-state index in [4.69, 9.17) is 4.98 Å².